The van der Waals surface area contributed by atoms with Crippen LogP contribution in [0.3, 0.4) is 0 Å². The van der Waals surface area contributed by atoms with Crippen LogP contribution in [0.1, 0.15) is 142 Å². The molecular weight excluding hydrogens is 490 g/mol. The summed E-state index contributed by atoms with van der Waals surface area (Å²) in [6, 6.07) is 8.33. The van der Waals surface area contributed by atoms with Crippen LogP contribution >= 0.6 is 0 Å². The maximum Gasteiger partial charge on any atom is 0.296 e. The van der Waals surface area contributed by atoms with Crippen molar-refractivity contribution in [2.45, 2.75) is 147 Å². The molecule has 1 aromatic carbocycles. The van der Waals surface area contributed by atoms with Gasteiger partial charge in [0, 0.05) is 0 Å². The molecule has 0 fully saturated rings. The molecule has 0 aromatic heterocycles. The molecule has 0 heterocycles. The summed E-state index contributed by atoms with van der Waals surface area (Å²) in [5, 5.41) is 0. The van der Waals surface area contributed by atoms with Crippen molar-refractivity contribution in [1.29, 1.82) is 0 Å². The van der Waals surface area contributed by atoms with Gasteiger partial charge in [-0.05, 0) is 31.4 Å². The van der Waals surface area contributed by atoms with Gasteiger partial charge in [-0.2, -0.15) is 8.42 Å². The van der Waals surface area contributed by atoms with E-state index in [1.165, 1.54) is 122 Å². The van der Waals surface area contributed by atoms with Gasteiger partial charge in [-0.3, -0.25) is 4.18 Å². The van der Waals surface area contributed by atoms with E-state index < -0.39 is 10.1 Å². The molecule has 224 valence electrons. The highest BCUT2D eigenvalue weighted by molar-refractivity contribution is 7.86. The zero-order chi connectivity index (χ0) is 28.4. The van der Waals surface area contributed by atoms with Crippen LogP contribution in [-0.2, 0) is 14.3 Å². The van der Waals surface area contributed by atoms with E-state index in [0.717, 1.165) is 17.3 Å². The Morgan fingerprint density at radius 3 is 1.32 bits per heavy atom. The van der Waals surface area contributed by atoms with Gasteiger partial charge in [-0.15, -0.1) is 0 Å². The second kappa shape index (κ2) is 25.1. The Morgan fingerprint density at radius 1 is 0.553 bits per heavy atom. The van der Waals surface area contributed by atoms with Crippen molar-refractivity contribution >= 4 is 10.1 Å². The molecule has 0 aliphatic rings. The number of hydrogen-bond donors (Lipinski definition) is 0. The van der Waals surface area contributed by atoms with Crippen molar-refractivity contribution in [2.24, 2.45) is 0 Å². The molecule has 0 aliphatic carbocycles. The maximum absolute atomic E-state index is 11.9. The minimum Gasteiger partial charge on any atom is -0.331 e. The second-order valence-corrected chi connectivity index (χ2v) is 13.6. The first-order valence-corrected chi connectivity index (χ1v) is 17.4. The van der Waals surface area contributed by atoms with E-state index in [1.807, 2.05) is 0 Å². The minimum atomic E-state index is -3.57. The van der Waals surface area contributed by atoms with Gasteiger partial charge in [0.25, 0.3) is 10.1 Å². The molecule has 4 nitrogen and oxygen atoms in total. The lowest BCUT2D eigenvalue weighted by Crippen LogP contribution is -2.35. The lowest BCUT2D eigenvalue weighted by Gasteiger charge is -2.23. The third-order valence-electron chi connectivity index (χ3n) is 6.95. The van der Waals surface area contributed by atoms with Crippen molar-refractivity contribution in [1.82, 2.24) is 0 Å². The molecule has 0 radical (unpaired) electrons. The smallest absolute Gasteiger partial charge is 0.296 e. The predicted molar refractivity (Wildman–Crippen MR) is 166 cm³/mol. The van der Waals surface area contributed by atoms with Gasteiger partial charge in [0.1, 0.15) is 0 Å². The largest absolute Gasteiger partial charge is 0.331 e. The highest BCUT2D eigenvalue weighted by Gasteiger charge is 2.13. The van der Waals surface area contributed by atoms with E-state index in [4.69, 9.17) is 4.18 Å². The van der Waals surface area contributed by atoms with Crippen LogP contribution in [0, 0.1) is 0 Å². The van der Waals surface area contributed by atoms with Crippen LogP contribution in [0.25, 0.3) is 0 Å². The van der Waals surface area contributed by atoms with E-state index in [2.05, 4.69) is 35.0 Å². The molecule has 0 saturated carbocycles. The highest BCUT2D eigenvalue weighted by Crippen LogP contribution is 2.14. The molecule has 5 heteroatoms. The van der Waals surface area contributed by atoms with E-state index in [1.54, 1.807) is 30.3 Å². The highest BCUT2D eigenvalue weighted by atomic mass is 32.2. The van der Waals surface area contributed by atoms with Crippen molar-refractivity contribution in [3.8, 4) is 0 Å². The van der Waals surface area contributed by atoms with Crippen molar-refractivity contribution in [3.63, 3.8) is 0 Å². The number of quaternary nitrogens is 1. The predicted octanol–water partition coefficient (Wildman–Crippen LogP) is 9.93. The summed E-state index contributed by atoms with van der Waals surface area (Å²) < 4.78 is 29.9. The monoisotopic (exact) mass is 554 g/mol. The normalized spacial score (nSPS) is 11.8. The molecule has 0 atom stereocenters. The molecule has 0 N–H and O–H groups in total. The lowest BCUT2D eigenvalue weighted by atomic mass is 10.1. The van der Waals surface area contributed by atoms with Gasteiger partial charge in [-0.1, -0.05) is 141 Å². The standard InChI is InChI=1S/C18H30O3S.C15H34N/c1-2-3-4-5-6-7-8-9-10-14-17-21-22(19,20)18-15-12-11-13-16-18;1-5-6-7-8-9-10-11-12-13-14-15-16(2,3)4/h11-13,15-16H,2-10,14,17H2,1H3;5-15H2,1-4H3/q;+1. The summed E-state index contributed by atoms with van der Waals surface area (Å²) in [6.07, 6.45) is 26.7. The van der Waals surface area contributed by atoms with Crippen LogP contribution in [-0.4, -0.2) is 47.2 Å². The SMILES string of the molecule is CCCCCCCCCCCCOS(=O)(=O)c1ccccc1.CCCCCCCCCCCC[N+](C)(C)C. The Morgan fingerprint density at radius 2 is 0.921 bits per heavy atom. The Labute approximate surface area is 238 Å². The number of benzene rings is 1. The second-order valence-electron chi connectivity index (χ2n) is 12.0. The van der Waals surface area contributed by atoms with Gasteiger partial charge in [-0.25, -0.2) is 0 Å². The fraction of sp³-hybridized carbons (Fsp3) is 0.818. The van der Waals surface area contributed by atoms with Gasteiger partial charge >= 0.3 is 0 Å². The van der Waals surface area contributed by atoms with E-state index in [9.17, 15) is 8.42 Å². The van der Waals surface area contributed by atoms with E-state index in [-0.39, 0.29) is 11.5 Å². The molecule has 0 aliphatic heterocycles. The summed E-state index contributed by atoms with van der Waals surface area (Å²) in [6.45, 7) is 6.14. The molecule has 0 spiro atoms. The third-order valence-corrected chi connectivity index (χ3v) is 8.28. The number of nitrogens with zero attached hydrogens (tertiary/aromatic N) is 1. The Balaban J connectivity index is 0.000000761. The summed E-state index contributed by atoms with van der Waals surface area (Å²) in [5.74, 6) is 0. The summed E-state index contributed by atoms with van der Waals surface area (Å²) >= 11 is 0. The molecule has 1 rings (SSSR count). The number of hydrogen-bond acceptors (Lipinski definition) is 3. The molecule has 0 amide bonds. The molecule has 0 bridgehead atoms. The van der Waals surface area contributed by atoms with Gasteiger partial charge in [0.05, 0.1) is 39.2 Å². The third kappa shape index (κ3) is 25.4. The van der Waals surface area contributed by atoms with Crippen LogP contribution in [0.15, 0.2) is 35.2 Å². The molecule has 38 heavy (non-hydrogen) atoms. The zero-order valence-electron chi connectivity index (χ0n) is 26.0. The van der Waals surface area contributed by atoms with E-state index in [0.29, 0.717) is 0 Å². The van der Waals surface area contributed by atoms with Crippen molar-refractivity contribution in [3.05, 3.63) is 30.3 Å². The Bertz CT molecular complexity index is 714. The molecule has 0 saturated heterocycles. The fourth-order valence-corrected chi connectivity index (χ4v) is 5.45. The quantitative estimate of drug-likeness (QED) is 0.0725. The first-order valence-electron chi connectivity index (χ1n) is 16.0. The molecule has 0 unspecified atom stereocenters. The van der Waals surface area contributed by atoms with Gasteiger partial charge < -0.3 is 4.48 Å². The number of unbranched alkanes of at least 4 members (excludes halogenated alkanes) is 18. The first-order chi connectivity index (χ1) is 18.2. The summed E-state index contributed by atoms with van der Waals surface area (Å²) in [4.78, 5) is 0.238. The first kappa shape index (κ1) is 37.1. The molecular formula is C33H64NO3S+. The molecule has 1 aromatic rings. The van der Waals surface area contributed by atoms with Crippen molar-refractivity contribution < 1.29 is 17.1 Å². The van der Waals surface area contributed by atoms with Crippen molar-refractivity contribution in [2.75, 3.05) is 34.3 Å². The average Bonchev–Trinajstić information content (AvgIpc) is 2.88. The van der Waals surface area contributed by atoms with Gasteiger partial charge in [0.15, 0.2) is 0 Å². The fourth-order valence-electron chi connectivity index (χ4n) is 4.49. The summed E-state index contributed by atoms with van der Waals surface area (Å²) in [5.41, 5.74) is 0. The Kier molecular flexibility index (Phi) is 24.5. The van der Waals surface area contributed by atoms with Crippen LogP contribution in [0.5, 0.6) is 0 Å². The Hall–Kier alpha value is -0.910. The zero-order valence-corrected chi connectivity index (χ0v) is 26.8. The van der Waals surface area contributed by atoms with Crippen LogP contribution in [0.2, 0.25) is 0 Å². The summed E-state index contributed by atoms with van der Waals surface area (Å²) in [7, 11) is 3.29. The average molecular weight is 555 g/mol. The lowest BCUT2D eigenvalue weighted by molar-refractivity contribution is -0.870. The maximum atomic E-state index is 11.9. The van der Waals surface area contributed by atoms with E-state index >= 15 is 0 Å². The number of rotatable bonds is 24. The van der Waals surface area contributed by atoms with Crippen LogP contribution in [0.4, 0.5) is 0 Å². The van der Waals surface area contributed by atoms with Crippen LogP contribution < -0.4 is 0 Å². The van der Waals surface area contributed by atoms with Gasteiger partial charge in [0.2, 0.25) is 0 Å². The topological polar surface area (TPSA) is 43.4 Å². The minimum absolute atomic E-state index is 0.238.